The van der Waals surface area contributed by atoms with Crippen LogP contribution in [0.5, 0.6) is 0 Å². The smallest absolute Gasteiger partial charge is 0.249 e. The Hall–Kier alpha value is -1.39. The van der Waals surface area contributed by atoms with Crippen molar-refractivity contribution in [2.75, 3.05) is 19.6 Å². The zero-order valence-electron chi connectivity index (χ0n) is 12.6. The third-order valence-corrected chi connectivity index (χ3v) is 5.11. The van der Waals surface area contributed by atoms with Gasteiger partial charge in [-0.15, -0.1) is 0 Å². The third-order valence-electron chi connectivity index (χ3n) is 5.11. The SMILES string of the molecule is NC(=O)c1ccccc1CN1CCNCC12CCCCC2. The predicted molar refractivity (Wildman–Crippen MR) is 84.1 cm³/mol. The van der Waals surface area contributed by atoms with Gasteiger partial charge in [0.1, 0.15) is 0 Å². The summed E-state index contributed by atoms with van der Waals surface area (Å²) in [4.78, 5) is 14.2. The highest BCUT2D eigenvalue weighted by molar-refractivity contribution is 5.94. The lowest BCUT2D eigenvalue weighted by Gasteiger charge is -2.50. The van der Waals surface area contributed by atoms with Crippen LogP contribution in [-0.2, 0) is 6.54 Å². The van der Waals surface area contributed by atoms with E-state index in [0.29, 0.717) is 5.56 Å². The van der Waals surface area contributed by atoms with E-state index in [2.05, 4.69) is 10.2 Å². The fourth-order valence-electron chi connectivity index (χ4n) is 3.94. The maximum atomic E-state index is 11.6. The van der Waals surface area contributed by atoms with Crippen molar-refractivity contribution in [2.45, 2.75) is 44.2 Å². The van der Waals surface area contributed by atoms with E-state index >= 15 is 0 Å². The van der Waals surface area contributed by atoms with Gasteiger partial charge in [0.15, 0.2) is 0 Å². The molecule has 2 fully saturated rings. The Morgan fingerprint density at radius 3 is 2.76 bits per heavy atom. The zero-order chi connectivity index (χ0) is 14.7. The largest absolute Gasteiger partial charge is 0.366 e. The molecule has 1 heterocycles. The van der Waals surface area contributed by atoms with E-state index in [1.54, 1.807) is 0 Å². The fraction of sp³-hybridized carbons (Fsp3) is 0.588. The Morgan fingerprint density at radius 1 is 1.24 bits per heavy atom. The zero-order valence-corrected chi connectivity index (χ0v) is 12.6. The molecule has 1 saturated heterocycles. The number of amides is 1. The number of hydrogen-bond acceptors (Lipinski definition) is 3. The number of carbonyl (C=O) groups excluding carboxylic acids is 1. The van der Waals surface area contributed by atoms with Gasteiger partial charge in [0.2, 0.25) is 5.91 Å². The predicted octanol–water partition coefficient (Wildman–Crippen LogP) is 1.89. The van der Waals surface area contributed by atoms with Crippen LogP contribution < -0.4 is 11.1 Å². The summed E-state index contributed by atoms with van der Waals surface area (Å²) in [7, 11) is 0. The Bertz CT molecular complexity index is 500. The van der Waals surface area contributed by atoms with Crippen LogP contribution in [0.3, 0.4) is 0 Å². The number of rotatable bonds is 3. The average molecular weight is 287 g/mol. The van der Waals surface area contributed by atoms with Gasteiger partial charge >= 0.3 is 0 Å². The molecular formula is C17H25N3O. The first-order valence-electron chi connectivity index (χ1n) is 8.05. The lowest BCUT2D eigenvalue weighted by molar-refractivity contribution is 0.0207. The molecule has 21 heavy (non-hydrogen) atoms. The molecule has 0 unspecified atom stereocenters. The number of nitrogens with zero attached hydrogens (tertiary/aromatic N) is 1. The number of benzene rings is 1. The summed E-state index contributed by atoms with van der Waals surface area (Å²) < 4.78 is 0. The second kappa shape index (κ2) is 6.16. The third kappa shape index (κ3) is 2.97. The molecule has 1 aliphatic heterocycles. The Morgan fingerprint density at radius 2 is 2.00 bits per heavy atom. The number of carbonyl (C=O) groups is 1. The van der Waals surface area contributed by atoms with Crippen LogP contribution in [-0.4, -0.2) is 36.0 Å². The van der Waals surface area contributed by atoms with Crippen LogP contribution in [0.1, 0.15) is 48.0 Å². The molecule has 2 aliphatic rings. The van der Waals surface area contributed by atoms with Gasteiger partial charge in [0.25, 0.3) is 0 Å². The van der Waals surface area contributed by atoms with Crippen LogP contribution in [0.25, 0.3) is 0 Å². The van der Waals surface area contributed by atoms with Crippen molar-refractivity contribution in [2.24, 2.45) is 5.73 Å². The quantitative estimate of drug-likeness (QED) is 0.892. The van der Waals surface area contributed by atoms with E-state index in [9.17, 15) is 4.79 Å². The van der Waals surface area contributed by atoms with Crippen LogP contribution in [0.15, 0.2) is 24.3 Å². The van der Waals surface area contributed by atoms with Crippen molar-refractivity contribution >= 4 is 5.91 Å². The normalized spacial score (nSPS) is 22.3. The van der Waals surface area contributed by atoms with Gasteiger partial charge in [-0.2, -0.15) is 0 Å². The molecule has 1 spiro atoms. The van der Waals surface area contributed by atoms with E-state index in [0.717, 1.165) is 31.7 Å². The first-order valence-corrected chi connectivity index (χ1v) is 8.05. The molecule has 1 aliphatic carbocycles. The van der Waals surface area contributed by atoms with E-state index < -0.39 is 0 Å². The molecular weight excluding hydrogens is 262 g/mol. The summed E-state index contributed by atoms with van der Waals surface area (Å²) in [5, 5.41) is 3.57. The Labute approximate surface area is 126 Å². The Kier molecular flexibility index (Phi) is 4.27. The van der Waals surface area contributed by atoms with E-state index in [1.807, 2.05) is 24.3 Å². The van der Waals surface area contributed by atoms with Crippen molar-refractivity contribution < 1.29 is 4.79 Å². The summed E-state index contributed by atoms with van der Waals surface area (Å²) in [5.74, 6) is -0.321. The summed E-state index contributed by atoms with van der Waals surface area (Å²) in [6, 6.07) is 7.77. The monoisotopic (exact) mass is 287 g/mol. The van der Waals surface area contributed by atoms with Crippen LogP contribution >= 0.6 is 0 Å². The average Bonchev–Trinajstić information content (AvgIpc) is 2.51. The summed E-state index contributed by atoms with van der Waals surface area (Å²) in [6.45, 7) is 3.99. The highest BCUT2D eigenvalue weighted by Crippen LogP contribution is 2.35. The minimum Gasteiger partial charge on any atom is -0.366 e. The molecule has 4 nitrogen and oxygen atoms in total. The van der Waals surface area contributed by atoms with Gasteiger partial charge in [-0.25, -0.2) is 0 Å². The molecule has 4 heteroatoms. The van der Waals surface area contributed by atoms with E-state index in [4.69, 9.17) is 5.73 Å². The van der Waals surface area contributed by atoms with Crippen molar-refractivity contribution in [1.82, 2.24) is 10.2 Å². The van der Waals surface area contributed by atoms with Crippen molar-refractivity contribution in [1.29, 1.82) is 0 Å². The molecule has 3 rings (SSSR count). The second-order valence-electron chi connectivity index (χ2n) is 6.40. The maximum Gasteiger partial charge on any atom is 0.249 e. The summed E-state index contributed by atoms with van der Waals surface area (Å²) >= 11 is 0. The van der Waals surface area contributed by atoms with Crippen LogP contribution in [0, 0.1) is 0 Å². The number of nitrogens with two attached hydrogens (primary N) is 1. The highest BCUT2D eigenvalue weighted by Gasteiger charge is 2.39. The first-order chi connectivity index (χ1) is 10.2. The molecule has 0 radical (unpaired) electrons. The van der Waals surface area contributed by atoms with E-state index in [-0.39, 0.29) is 11.4 Å². The molecule has 1 amide bonds. The van der Waals surface area contributed by atoms with E-state index in [1.165, 1.54) is 32.1 Å². The van der Waals surface area contributed by atoms with Crippen molar-refractivity contribution in [3.63, 3.8) is 0 Å². The number of primary amides is 1. The molecule has 3 N–H and O–H groups in total. The fourth-order valence-corrected chi connectivity index (χ4v) is 3.94. The van der Waals surface area contributed by atoms with Gasteiger partial charge in [-0.05, 0) is 24.5 Å². The van der Waals surface area contributed by atoms with Crippen LogP contribution in [0.4, 0.5) is 0 Å². The van der Waals surface area contributed by atoms with Gasteiger partial charge in [0, 0.05) is 37.3 Å². The lowest BCUT2D eigenvalue weighted by Crippen LogP contribution is -2.61. The van der Waals surface area contributed by atoms with Crippen molar-refractivity contribution in [3.8, 4) is 0 Å². The first kappa shape index (κ1) is 14.5. The minimum atomic E-state index is -0.321. The summed E-state index contributed by atoms with van der Waals surface area (Å²) in [6.07, 6.45) is 6.51. The standard InChI is InChI=1S/C17H25N3O/c18-16(21)15-7-3-2-6-14(15)12-20-11-10-19-13-17(20)8-4-1-5-9-17/h2-3,6-7,19H,1,4-5,8-13H2,(H2,18,21). The number of piperazine rings is 1. The molecule has 1 aromatic rings. The van der Waals surface area contributed by atoms with Gasteiger partial charge in [-0.3, -0.25) is 9.69 Å². The second-order valence-corrected chi connectivity index (χ2v) is 6.40. The molecule has 0 atom stereocenters. The molecule has 114 valence electrons. The summed E-state index contributed by atoms with van der Waals surface area (Å²) in [5.41, 5.74) is 7.53. The number of nitrogens with one attached hydrogen (secondary N) is 1. The number of hydrogen-bond donors (Lipinski definition) is 2. The van der Waals surface area contributed by atoms with Crippen molar-refractivity contribution in [3.05, 3.63) is 35.4 Å². The molecule has 1 aromatic carbocycles. The molecule has 0 aromatic heterocycles. The molecule has 1 saturated carbocycles. The minimum absolute atomic E-state index is 0.279. The molecule has 0 bridgehead atoms. The lowest BCUT2D eigenvalue weighted by atomic mass is 9.78. The van der Waals surface area contributed by atoms with Gasteiger partial charge < -0.3 is 11.1 Å². The maximum absolute atomic E-state index is 11.6. The van der Waals surface area contributed by atoms with Gasteiger partial charge in [0.05, 0.1) is 0 Å². The van der Waals surface area contributed by atoms with Crippen LogP contribution in [0.2, 0.25) is 0 Å². The Balaban J connectivity index is 1.83. The highest BCUT2D eigenvalue weighted by atomic mass is 16.1. The van der Waals surface area contributed by atoms with Gasteiger partial charge in [-0.1, -0.05) is 37.5 Å². The topological polar surface area (TPSA) is 58.4 Å².